The van der Waals surface area contributed by atoms with Crippen molar-refractivity contribution in [2.24, 2.45) is 0 Å². The maximum Gasteiger partial charge on any atom is 0.327 e. The van der Waals surface area contributed by atoms with E-state index in [1.165, 1.54) is 7.11 Å². The van der Waals surface area contributed by atoms with E-state index in [2.05, 4.69) is 5.32 Å². The molecular weight excluding hydrogens is 230 g/mol. The molecule has 1 saturated heterocycles. The molecule has 4 heteroatoms. The minimum Gasteiger partial charge on any atom is -0.468 e. The van der Waals surface area contributed by atoms with Gasteiger partial charge in [-0.3, -0.25) is 5.32 Å². The van der Waals surface area contributed by atoms with Crippen LogP contribution in [-0.2, 0) is 14.3 Å². The van der Waals surface area contributed by atoms with Crippen LogP contribution in [0.1, 0.15) is 24.4 Å². The van der Waals surface area contributed by atoms with Crippen molar-refractivity contribution in [2.75, 3.05) is 20.3 Å². The lowest BCUT2D eigenvalue weighted by Gasteiger charge is -2.19. The van der Waals surface area contributed by atoms with Crippen LogP contribution in [0.4, 0.5) is 0 Å². The summed E-state index contributed by atoms with van der Waals surface area (Å²) in [5, 5.41) is 3.23. The van der Waals surface area contributed by atoms with E-state index in [0.717, 1.165) is 25.0 Å². The van der Waals surface area contributed by atoms with Crippen LogP contribution in [-0.4, -0.2) is 32.3 Å². The van der Waals surface area contributed by atoms with Gasteiger partial charge in [0.25, 0.3) is 0 Å². The van der Waals surface area contributed by atoms with Crippen LogP contribution in [0, 0.1) is 0 Å². The molecule has 1 aromatic carbocycles. The molecule has 0 aromatic heterocycles. The van der Waals surface area contributed by atoms with E-state index >= 15 is 0 Å². The van der Waals surface area contributed by atoms with E-state index in [-0.39, 0.29) is 12.1 Å². The van der Waals surface area contributed by atoms with E-state index in [4.69, 9.17) is 9.47 Å². The predicted octanol–water partition coefficient (Wildman–Crippen LogP) is 1.67. The Bertz CT molecular complexity index is 374. The Labute approximate surface area is 107 Å². The quantitative estimate of drug-likeness (QED) is 0.806. The molecule has 1 N–H and O–H groups in total. The Hall–Kier alpha value is -1.39. The number of esters is 1. The summed E-state index contributed by atoms with van der Waals surface area (Å²) in [5.41, 5.74) is 0.919. The van der Waals surface area contributed by atoms with E-state index in [9.17, 15) is 4.79 Å². The van der Waals surface area contributed by atoms with Crippen molar-refractivity contribution in [1.82, 2.24) is 5.32 Å². The second kappa shape index (κ2) is 6.52. The fourth-order valence-electron chi connectivity index (χ4n) is 2.16. The van der Waals surface area contributed by atoms with Crippen molar-refractivity contribution in [2.45, 2.75) is 25.0 Å². The Balaban J connectivity index is 1.99. The molecule has 0 saturated carbocycles. The van der Waals surface area contributed by atoms with Crippen LogP contribution < -0.4 is 5.32 Å². The molecule has 1 aliphatic rings. The highest BCUT2D eigenvalue weighted by Gasteiger charge is 2.23. The normalized spacial score (nSPS) is 20.6. The molecular formula is C14H19NO3. The first kappa shape index (κ1) is 13.1. The molecule has 98 valence electrons. The standard InChI is InChI=1S/C14H19NO3/c1-17-14(16)13(11-6-3-2-4-7-11)15-10-12-8-5-9-18-12/h2-4,6-7,12-13,15H,5,8-10H2,1H3. The number of rotatable bonds is 5. The summed E-state index contributed by atoms with van der Waals surface area (Å²) < 4.78 is 10.4. The third-order valence-electron chi connectivity index (χ3n) is 3.14. The van der Waals surface area contributed by atoms with Crippen LogP contribution in [0.25, 0.3) is 0 Å². The summed E-state index contributed by atoms with van der Waals surface area (Å²) in [5.74, 6) is -0.265. The lowest BCUT2D eigenvalue weighted by molar-refractivity contribution is -0.143. The zero-order valence-corrected chi connectivity index (χ0v) is 10.6. The zero-order valence-electron chi connectivity index (χ0n) is 10.6. The number of hydrogen-bond donors (Lipinski definition) is 1. The highest BCUT2D eigenvalue weighted by molar-refractivity contribution is 5.77. The maximum atomic E-state index is 11.8. The monoisotopic (exact) mass is 249 g/mol. The minimum atomic E-state index is -0.416. The fraction of sp³-hybridized carbons (Fsp3) is 0.500. The van der Waals surface area contributed by atoms with E-state index < -0.39 is 6.04 Å². The number of benzene rings is 1. The summed E-state index contributed by atoms with van der Waals surface area (Å²) in [4.78, 5) is 11.8. The molecule has 0 amide bonds. The largest absolute Gasteiger partial charge is 0.468 e. The summed E-state index contributed by atoms with van der Waals surface area (Å²) in [6, 6.07) is 9.19. The first-order chi connectivity index (χ1) is 8.81. The molecule has 1 fully saturated rings. The molecule has 0 spiro atoms. The number of carbonyl (C=O) groups is 1. The van der Waals surface area contributed by atoms with Crippen LogP contribution in [0.5, 0.6) is 0 Å². The smallest absolute Gasteiger partial charge is 0.327 e. The Morgan fingerprint density at radius 2 is 2.28 bits per heavy atom. The van der Waals surface area contributed by atoms with Crippen molar-refractivity contribution < 1.29 is 14.3 Å². The molecule has 0 aliphatic carbocycles. The highest BCUT2D eigenvalue weighted by atomic mass is 16.5. The predicted molar refractivity (Wildman–Crippen MR) is 68.2 cm³/mol. The van der Waals surface area contributed by atoms with Crippen molar-refractivity contribution in [3.05, 3.63) is 35.9 Å². The third kappa shape index (κ3) is 3.31. The summed E-state index contributed by atoms with van der Waals surface area (Å²) in [6.07, 6.45) is 2.36. The molecule has 4 nitrogen and oxygen atoms in total. The van der Waals surface area contributed by atoms with Gasteiger partial charge in [0.1, 0.15) is 6.04 Å². The average Bonchev–Trinajstić information content (AvgIpc) is 2.93. The fourth-order valence-corrected chi connectivity index (χ4v) is 2.16. The number of nitrogens with one attached hydrogen (secondary N) is 1. The molecule has 1 aromatic rings. The second-order valence-electron chi connectivity index (χ2n) is 4.41. The molecule has 0 bridgehead atoms. The highest BCUT2D eigenvalue weighted by Crippen LogP contribution is 2.16. The van der Waals surface area contributed by atoms with Gasteiger partial charge in [-0.25, -0.2) is 4.79 Å². The van der Waals surface area contributed by atoms with Gasteiger partial charge in [-0.1, -0.05) is 30.3 Å². The first-order valence-electron chi connectivity index (χ1n) is 6.29. The van der Waals surface area contributed by atoms with Crippen LogP contribution in [0.15, 0.2) is 30.3 Å². The van der Waals surface area contributed by atoms with Gasteiger partial charge in [0.2, 0.25) is 0 Å². The molecule has 2 atom stereocenters. The minimum absolute atomic E-state index is 0.209. The van der Waals surface area contributed by atoms with E-state index in [0.29, 0.717) is 6.54 Å². The summed E-state index contributed by atoms with van der Waals surface area (Å²) >= 11 is 0. The lowest BCUT2D eigenvalue weighted by Crippen LogP contribution is -2.35. The lowest BCUT2D eigenvalue weighted by atomic mass is 10.1. The molecule has 2 rings (SSSR count). The van der Waals surface area contributed by atoms with E-state index in [1.807, 2.05) is 30.3 Å². The first-order valence-corrected chi connectivity index (χ1v) is 6.29. The van der Waals surface area contributed by atoms with Crippen molar-refractivity contribution in [1.29, 1.82) is 0 Å². The number of carbonyl (C=O) groups excluding carboxylic acids is 1. The van der Waals surface area contributed by atoms with Crippen LogP contribution >= 0.6 is 0 Å². The number of methoxy groups -OCH3 is 1. The summed E-state index contributed by atoms with van der Waals surface area (Å²) in [7, 11) is 1.41. The molecule has 0 radical (unpaired) electrons. The molecule has 18 heavy (non-hydrogen) atoms. The third-order valence-corrected chi connectivity index (χ3v) is 3.14. The van der Waals surface area contributed by atoms with E-state index in [1.54, 1.807) is 0 Å². The van der Waals surface area contributed by atoms with Crippen LogP contribution in [0.2, 0.25) is 0 Å². The Kier molecular flexibility index (Phi) is 4.73. The van der Waals surface area contributed by atoms with Crippen molar-refractivity contribution in [3.8, 4) is 0 Å². The van der Waals surface area contributed by atoms with Crippen molar-refractivity contribution >= 4 is 5.97 Å². The number of ether oxygens (including phenoxy) is 2. The van der Waals surface area contributed by atoms with Gasteiger partial charge < -0.3 is 9.47 Å². The van der Waals surface area contributed by atoms with Gasteiger partial charge in [0.05, 0.1) is 13.2 Å². The molecule has 1 heterocycles. The second-order valence-corrected chi connectivity index (χ2v) is 4.41. The SMILES string of the molecule is COC(=O)C(NCC1CCCO1)c1ccccc1. The van der Waals surface area contributed by atoms with Gasteiger partial charge in [-0.15, -0.1) is 0 Å². The average molecular weight is 249 g/mol. The van der Waals surface area contributed by atoms with Gasteiger partial charge in [0.15, 0.2) is 0 Å². The Morgan fingerprint density at radius 1 is 1.50 bits per heavy atom. The van der Waals surface area contributed by atoms with Gasteiger partial charge in [0, 0.05) is 13.2 Å². The maximum absolute atomic E-state index is 11.8. The van der Waals surface area contributed by atoms with Gasteiger partial charge in [-0.2, -0.15) is 0 Å². The van der Waals surface area contributed by atoms with Gasteiger partial charge >= 0.3 is 5.97 Å². The molecule has 1 aliphatic heterocycles. The van der Waals surface area contributed by atoms with Crippen LogP contribution in [0.3, 0.4) is 0 Å². The zero-order chi connectivity index (χ0) is 12.8. The van der Waals surface area contributed by atoms with Gasteiger partial charge in [-0.05, 0) is 18.4 Å². The van der Waals surface area contributed by atoms with Crippen molar-refractivity contribution in [3.63, 3.8) is 0 Å². The number of hydrogen-bond acceptors (Lipinski definition) is 4. The summed E-state index contributed by atoms with van der Waals surface area (Å²) in [6.45, 7) is 1.50. The topological polar surface area (TPSA) is 47.6 Å². The molecule has 2 unspecified atom stereocenters. The Morgan fingerprint density at radius 3 is 2.89 bits per heavy atom.